The van der Waals surface area contributed by atoms with Gasteiger partial charge in [0.2, 0.25) is 17.7 Å². The van der Waals surface area contributed by atoms with Gasteiger partial charge < -0.3 is 36.8 Å². The smallest absolute Gasteiger partial charge is 0.217 e. The number of aliphatic hydroxyl groups excluding tert-OH is 1. The molecular weight excluding hydrogens is 929 g/mol. The van der Waals surface area contributed by atoms with Crippen LogP contribution in [0.3, 0.4) is 0 Å². The third-order valence-electron chi connectivity index (χ3n) is 10.0. The standard InChI is InChI=1S/C8H16N2O2.C8H14N2O.C8H15NO3.C8H15NO2S.C8H13NO2.C8H13NOS/c1-3-8(12)7(4-5-9)10-6(2)11;1-3-8(11)7-4-5-9-6(2)10-7;1-3-8(12)7(4-5-10)9-6(2)11;1-3-8(11)7(4-5-12)9-6(2)10;2*1-3-8(10)7-4-5-11-6(2)9-7/h7H,3-5,9H2,1-2H3,(H,10,11);7H,3-5H2,1-2H3,(H,9,10);7,10H,3-5H2,1-2H3,(H,9,11);7,12H,3-5H2,1-2H3,(H,9,10);2*7H,3-5H2,1-2H3. The van der Waals surface area contributed by atoms with Crippen LogP contribution >= 0.6 is 24.4 Å². The van der Waals surface area contributed by atoms with Crippen molar-refractivity contribution in [3.63, 3.8) is 0 Å². The number of nitrogens with one attached hydrogen (secondary N) is 4. The number of thiol groups is 1. The summed E-state index contributed by atoms with van der Waals surface area (Å²) in [6.07, 6.45) is 7.02. The summed E-state index contributed by atoms with van der Waals surface area (Å²) in [5.41, 5.74) is 5.29. The van der Waals surface area contributed by atoms with Crippen LogP contribution in [0.4, 0.5) is 0 Å². The van der Waals surface area contributed by atoms with Crippen LogP contribution < -0.4 is 27.0 Å². The van der Waals surface area contributed by atoms with E-state index in [0.717, 1.165) is 42.4 Å². The molecule has 3 aliphatic rings. The Hall–Kier alpha value is -4.34. The van der Waals surface area contributed by atoms with E-state index in [1.54, 1.807) is 39.5 Å². The highest BCUT2D eigenvalue weighted by Crippen LogP contribution is 2.18. The summed E-state index contributed by atoms with van der Waals surface area (Å²) in [7, 11) is 0. The summed E-state index contributed by atoms with van der Waals surface area (Å²) in [5.74, 6) is 3.45. The van der Waals surface area contributed by atoms with Crippen molar-refractivity contribution in [2.75, 3.05) is 37.8 Å². The molecule has 0 aromatic rings. The number of Topliss-reactive ketones (excluding diaryl/α,β-unsaturated/α-hetero) is 6. The van der Waals surface area contributed by atoms with E-state index >= 15 is 0 Å². The van der Waals surface area contributed by atoms with Gasteiger partial charge in [-0.2, -0.15) is 12.6 Å². The van der Waals surface area contributed by atoms with Crippen LogP contribution in [0.5, 0.6) is 0 Å². The Balaban J connectivity index is -0.000000758. The first-order valence-electron chi connectivity index (χ1n) is 24.1. The average molecular weight is 1020 g/mol. The zero-order chi connectivity index (χ0) is 53.5. The first kappa shape index (κ1) is 68.9. The topological polar surface area (TPSA) is 294 Å². The van der Waals surface area contributed by atoms with Crippen LogP contribution in [0.2, 0.25) is 0 Å². The number of rotatable bonds is 21. The van der Waals surface area contributed by atoms with E-state index in [4.69, 9.17) is 15.6 Å². The van der Waals surface area contributed by atoms with Gasteiger partial charge in [-0.3, -0.25) is 53.1 Å². The Labute approximate surface area is 421 Å². The summed E-state index contributed by atoms with van der Waals surface area (Å²) in [6.45, 7) is 22.5. The van der Waals surface area contributed by atoms with Crippen molar-refractivity contribution in [3.8, 4) is 0 Å². The quantitative estimate of drug-likeness (QED) is 0.0791. The highest BCUT2D eigenvalue weighted by atomic mass is 32.2. The molecule has 3 rings (SSSR count). The molecule has 69 heavy (non-hydrogen) atoms. The number of carbonyl (C=O) groups excluding carboxylic acids is 9. The minimum Gasteiger partial charge on any atom is -0.481 e. The van der Waals surface area contributed by atoms with Gasteiger partial charge in [-0.25, -0.2) is 4.99 Å². The molecule has 0 saturated heterocycles. The van der Waals surface area contributed by atoms with Crippen molar-refractivity contribution in [2.45, 2.75) is 196 Å². The Morgan fingerprint density at radius 1 is 0.681 bits per heavy atom. The highest BCUT2D eigenvalue weighted by Gasteiger charge is 2.22. The molecule has 6 atom stereocenters. The molecule has 0 radical (unpaired) electrons. The number of nitrogens with two attached hydrogens (primary N) is 1. The lowest BCUT2D eigenvalue weighted by molar-refractivity contribution is -0.126. The zero-order valence-corrected chi connectivity index (χ0v) is 45.2. The van der Waals surface area contributed by atoms with Gasteiger partial charge in [0.1, 0.15) is 12.1 Å². The van der Waals surface area contributed by atoms with E-state index in [9.17, 15) is 43.2 Å². The molecule has 19 nitrogen and oxygen atoms in total. The molecule has 0 fully saturated rings. The van der Waals surface area contributed by atoms with Gasteiger partial charge >= 0.3 is 0 Å². The third-order valence-corrected chi connectivity index (χ3v) is 11.3. The lowest BCUT2D eigenvalue weighted by Crippen LogP contribution is -2.42. The molecule has 0 saturated carbocycles. The van der Waals surface area contributed by atoms with Crippen LogP contribution in [0.25, 0.3) is 0 Å². The summed E-state index contributed by atoms with van der Waals surface area (Å²) in [5, 5.41) is 20.4. The maximum Gasteiger partial charge on any atom is 0.217 e. The van der Waals surface area contributed by atoms with Crippen molar-refractivity contribution in [1.29, 1.82) is 0 Å². The number of carbonyl (C=O) groups is 9. The molecule has 3 heterocycles. The Kier molecular flexibility index (Phi) is 42.5. The molecule has 7 N–H and O–H groups in total. The fourth-order valence-corrected chi connectivity index (χ4v) is 7.37. The van der Waals surface area contributed by atoms with E-state index in [-0.39, 0.29) is 77.4 Å². The van der Waals surface area contributed by atoms with Gasteiger partial charge in [0.25, 0.3) is 0 Å². The number of nitrogens with zero attached hydrogens (tertiary/aromatic N) is 3. The van der Waals surface area contributed by atoms with E-state index < -0.39 is 12.1 Å². The predicted octanol–water partition coefficient (Wildman–Crippen LogP) is 4.27. The summed E-state index contributed by atoms with van der Waals surface area (Å²) in [4.78, 5) is 111. The van der Waals surface area contributed by atoms with Gasteiger partial charge in [0, 0.05) is 91.5 Å². The molecule has 6 unspecified atom stereocenters. The average Bonchev–Trinajstić information content (AvgIpc) is 3.32. The second kappa shape index (κ2) is 42.5. The first-order valence-corrected chi connectivity index (χ1v) is 25.7. The number of amides is 3. The minimum atomic E-state index is -0.516. The van der Waals surface area contributed by atoms with Gasteiger partial charge in [0.05, 0.1) is 41.7 Å². The molecule has 0 spiro atoms. The molecule has 396 valence electrons. The van der Waals surface area contributed by atoms with E-state index in [1.807, 2.05) is 34.6 Å². The number of ether oxygens (including phenoxy) is 1. The van der Waals surface area contributed by atoms with Crippen molar-refractivity contribution >= 4 is 93.6 Å². The summed E-state index contributed by atoms with van der Waals surface area (Å²) < 4.78 is 5.10. The van der Waals surface area contributed by atoms with Gasteiger partial charge in [-0.15, -0.1) is 11.8 Å². The molecule has 3 amide bonds. The molecule has 0 bridgehead atoms. The maximum atomic E-state index is 11.2. The number of hydrogen-bond acceptors (Lipinski definition) is 18. The van der Waals surface area contributed by atoms with Crippen LogP contribution in [-0.4, -0.2) is 148 Å². The van der Waals surface area contributed by atoms with Gasteiger partial charge in [0.15, 0.2) is 40.6 Å². The minimum absolute atomic E-state index is 0.0255. The van der Waals surface area contributed by atoms with Crippen LogP contribution in [-0.2, 0) is 47.9 Å². The third kappa shape index (κ3) is 35.4. The molecule has 0 aliphatic carbocycles. The molecule has 3 aliphatic heterocycles. The first-order chi connectivity index (χ1) is 32.5. The Morgan fingerprint density at radius 3 is 1.49 bits per heavy atom. The SMILES string of the molecule is CCC(=O)C(CCN)NC(C)=O.CCC(=O)C(CCO)NC(C)=O.CCC(=O)C(CCS)NC(C)=O.CCC(=O)C1CCN=C(C)N1.CCC(=O)C1CCOC(C)=N1.CCC(=O)C1CCSC(C)=N1. The Bertz CT molecular complexity index is 1560. The highest BCUT2D eigenvalue weighted by molar-refractivity contribution is 8.13. The number of aliphatic hydroxyl groups is 1. The van der Waals surface area contributed by atoms with Crippen molar-refractivity contribution < 1.29 is 53.0 Å². The van der Waals surface area contributed by atoms with Crippen molar-refractivity contribution in [2.24, 2.45) is 20.7 Å². The van der Waals surface area contributed by atoms with Crippen molar-refractivity contribution in [3.05, 3.63) is 0 Å². The van der Waals surface area contributed by atoms with Gasteiger partial charge in [-0.1, -0.05) is 41.5 Å². The number of thioether (sulfide) groups is 1. The lowest BCUT2D eigenvalue weighted by Gasteiger charge is -2.21. The second-order valence-electron chi connectivity index (χ2n) is 15.8. The predicted molar refractivity (Wildman–Crippen MR) is 279 cm³/mol. The molecular formula is C48H86N8O11S2. The zero-order valence-electron chi connectivity index (χ0n) is 43.5. The fourth-order valence-electron chi connectivity index (χ4n) is 6.28. The molecule has 21 heteroatoms. The van der Waals surface area contributed by atoms with Crippen LogP contribution in [0, 0.1) is 0 Å². The fraction of sp³-hybridized carbons (Fsp3) is 0.750. The number of amidine groups is 1. The van der Waals surface area contributed by atoms with Crippen LogP contribution in [0.1, 0.15) is 160 Å². The number of ketones is 6. The molecule has 0 aromatic carbocycles. The monoisotopic (exact) mass is 1010 g/mol. The normalized spacial score (nSPS) is 17.9. The van der Waals surface area contributed by atoms with Gasteiger partial charge in [-0.05, 0) is 58.2 Å². The summed E-state index contributed by atoms with van der Waals surface area (Å²) >= 11 is 5.76. The number of aliphatic imine (C=N–C) groups is 3. The summed E-state index contributed by atoms with van der Waals surface area (Å²) in [6, 6.07) is -1.38. The van der Waals surface area contributed by atoms with Crippen LogP contribution in [0.15, 0.2) is 15.0 Å². The maximum absolute atomic E-state index is 11.2. The largest absolute Gasteiger partial charge is 0.481 e. The molecule has 0 aromatic heterocycles. The van der Waals surface area contributed by atoms with E-state index in [1.165, 1.54) is 20.8 Å². The second-order valence-corrected chi connectivity index (χ2v) is 17.6. The number of hydrogen-bond donors (Lipinski definition) is 7. The lowest BCUT2D eigenvalue weighted by atomic mass is 10.1. The Morgan fingerprint density at radius 2 is 1.13 bits per heavy atom. The van der Waals surface area contributed by atoms with E-state index in [0.29, 0.717) is 88.4 Å². The van der Waals surface area contributed by atoms with E-state index in [2.05, 4.69) is 48.9 Å². The van der Waals surface area contributed by atoms with Crippen molar-refractivity contribution in [1.82, 2.24) is 21.3 Å².